The van der Waals surface area contributed by atoms with Gasteiger partial charge >= 0.3 is 5.97 Å². The molecule has 0 saturated heterocycles. The minimum atomic E-state index is -1.06. The number of nitrogens with one attached hydrogen (secondary N) is 3. The molecule has 0 unspecified atom stereocenters. The van der Waals surface area contributed by atoms with E-state index in [0.717, 1.165) is 46.9 Å². The van der Waals surface area contributed by atoms with E-state index in [1.165, 1.54) is 30.9 Å². The van der Waals surface area contributed by atoms with Gasteiger partial charge in [0.1, 0.15) is 16.3 Å². The molecule has 2 heterocycles. The predicted molar refractivity (Wildman–Crippen MR) is 172 cm³/mol. The van der Waals surface area contributed by atoms with Crippen LogP contribution in [0.2, 0.25) is 0 Å². The van der Waals surface area contributed by atoms with Crippen molar-refractivity contribution in [1.29, 1.82) is 0 Å². The van der Waals surface area contributed by atoms with Crippen molar-refractivity contribution >= 4 is 51.8 Å². The number of carbonyl (C=O) groups is 3. The number of benzene rings is 2. The third-order valence-corrected chi connectivity index (χ3v) is 9.52. The van der Waals surface area contributed by atoms with Crippen LogP contribution in [0, 0.1) is 0 Å². The normalized spacial score (nSPS) is 16.5. The number of aromatic nitrogens is 2. The van der Waals surface area contributed by atoms with Crippen LogP contribution in [0.1, 0.15) is 85.7 Å². The average molecular weight is 613 g/mol. The zero-order valence-electron chi connectivity index (χ0n) is 24.7. The average Bonchev–Trinajstić information content (AvgIpc) is 3.67. The molecule has 2 aromatic heterocycles. The molecule has 2 fully saturated rings. The van der Waals surface area contributed by atoms with Crippen LogP contribution in [-0.2, 0) is 9.59 Å². The number of H-pyrrole nitrogens is 1. The topological polar surface area (TPSA) is 133 Å². The summed E-state index contributed by atoms with van der Waals surface area (Å²) in [6, 6.07) is 10.8. The first-order valence-electron chi connectivity index (χ1n) is 15.2. The van der Waals surface area contributed by atoms with Gasteiger partial charge < -0.3 is 25.5 Å². The summed E-state index contributed by atoms with van der Waals surface area (Å²) in [6.45, 7) is 2.21. The number of fused-ring (bicyclic) bond motifs is 1. The molecular weight excluding hydrogens is 576 g/mol. The largest absolute Gasteiger partial charge is 0.493 e. The number of nitrogens with zero attached hydrogens (tertiary/aromatic N) is 1. The van der Waals surface area contributed by atoms with Gasteiger partial charge in [-0.05, 0) is 80.9 Å². The number of carboxylic acids is 1. The van der Waals surface area contributed by atoms with E-state index in [9.17, 15) is 14.4 Å². The fourth-order valence-corrected chi connectivity index (χ4v) is 7.01. The molecule has 9 nitrogen and oxygen atoms in total. The number of carboxylic acid groups (broad SMARTS) is 1. The van der Waals surface area contributed by atoms with Crippen molar-refractivity contribution in [3.8, 4) is 16.5 Å². The fourth-order valence-electron chi connectivity index (χ4n) is 6.36. The van der Waals surface area contributed by atoms with Crippen LogP contribution >= 0.6 is 11.3 Å². The number of thiazole rings is 1. The van der Waals surface area contributed by atoms with Gasteiger partial charge in [0.2, 0.25) is 5.91 Å². The summed E-state index contributed by atoms with van der Waals surface area (Å²) in [4.78, 5) is 46.3. The summed E-state index contributed by atoms with van der Waals surface area (Å²) in [6.07, 6.45) is 12.2. The Kier molecular flexibility index (Phi) is 8.52. The van der Waals surface area contributed by atoms with Crippen LogP contribution in [0.25, 0.3) is 27.7 Å². The van der Waals surface area contributed by atoms with Gasteiger partial charge in [-0.3, -0.25) is 9.59 Å². The highest BCUT2D eigenvalue weighted by molar-refractivity contribution is 7.13. The molecule has 10 heteroatoms. The van der Waals surface area contributed by atoms with Crippen molar-refractivity contribution < 1.29 is 24.2 Å². The predicted octanol–water partition coefficient (Wildman–Crippen LogP) is 7.13. The molecule has 4 N–H and O–H groups in total. The van der Waals surface area contributed by atoms with Crippen molar-refractivity contribution in [2.45, 2.75) is 69.7 Å². The van der Waals surface area contributed by atoms with Gasteiger partial charge in [0.25, 0.3) is 5.91 Å². The van der Waals surface area contributed by atoms with Crippen LogP contribution in [0.15, 0.2) is 54.1 Å². The molecule has 0 atom stereocenters. The van der Waals surface area contributed by atoms with Crippen molar-refractivity contribution in [3.63, 3.8) is 0 Å². The lowest BCUT2D eigenvalue weighted by atomic mass is 9.75. The number of hydrogen-bond donors (Lipinski definition) is 4. The number of rotatable bonds is 10. The van der Waals surface area contributed by atoms with E-state index >= 15 is 0 Å². The first-order valence-corrected chi connectivity index (χ1v) is 16.1. The lowest BCUT2D eigenvalue weighted by Gasteiger charge is -2.40. The maximum Gasteiger partial charge on any atom is 0.328 e. The van der Waals surface area contributed by atoms with E-state index in [2.05, 4.69) is 20.6 Å². The zero-order valence-corrected chi connectivity index (χ0v) is 25.5. The molecule has 2 amide bonds. The SMILES string of the molecule is CCOc1cc(NC(=O)C2(NC(=O)c3ccc4c(C5CCCCC5)c(-c5nccs5)[nH]c4c3)CCC2)ccc1/C=C/C(=O)O. The Labute approximate surface area is 259 Å². The maximum absolute atomic E-state index is 13.6. The summed E-state index contributed by atoms with van der Waals surface area (Å²) in [5, 5.41) is 19.0. The second kappa shape index (κ2) is 12.7. The van der Waals surface area contributed by atoms with Gasteiger partial charge in [0.05, 0.1) is 12.3 Å². The van der Waals surface area contributed by atoms with E-state index in [1.54, 1.807) is 29.5 Å². The standard InChI is InChI=1S/C34H36N4O5S/c1-2-43-27-20-24(12-9-21(27)11-14-28(39)40)36-33(42)34(15-6-16-34)38-31(41)23-10-13-25-26(19-23)37-30(32-35-17-18-44-32)29(25)22-7-4-3-5-8-22/h9-14,17-20,22,37H,2-8,15-16H2,1H3,(H,36,42)(H,38,41)(H,39,40)/b14-11+. The number of amides is 2. The quantitative estimate of drug-likeness (QED) is 0.141. The number of aromatic amines is 1. The molecule has 2 aliphatic rings. The lowest BCUT2D eigenvalue weighted by Crippen LogP contribution is -2.61. The number of carbonyl (C=O) groups excluding carboxylic acids is 2. The minimum Gasteiger partial charge on any atom is -0.493 e. The molecule has 2 aromatic carbocycles. The van der Waals surface area contributed by atoms with Crippen LogP contribution in [0.5, 0.6) is 5.75 Å². The van der Waals surface area contributed by atoms with E-state index in [1.807, 2.05) is 36.7 Å². The van der Waals surface area contributed by atoms with Crippen LogP contribution in [0.4, 0.5) is 5.69 Å². The van der Waals surface area contributed by atoms with Crippen LogP contribution < -0.4 is 15.4 Å². The Morgan fingerprint density at radius 2 is 1.93 bits per heavy atom. The molecule has 0 bridgehead atoms. The molecule has 6 rings (SSSR count). The smallest absolute Gasteiger partial charge is 0.328 e. The van der Waals surface area contributed by atoms with Gasteiger partial charge in [0.15, 0.2) is 0 Å². The summed E-state index contributed by atoms with van der Waals surface area (Å²) in [5.74, 6) is -0.731. The van der Waals surface area contributed by atoms with Crippen LogP contribution in [-0.4, -0.2) is 45.0 Å². The third kappa shape index (κ3) is 5.99. The molecule has 2 aliphatic carbocycles. The summed E-state index contributed by atoms with van der Waals surface area (Å²) >= 11 is 1.61. The van der Waals surface area contributed by atoms with Gasteiger partial charge in [-0.15, -0.1) is 11.3 Å². The molecule has 0 radical (unpaired) electrons. The molecular formula is C34H36N4O5S. The van der Waals surface area contributed by atoms with Gasteiger partial charge in [-0.2, -0.15) is 0 Å². The van der Waals surface area contributed by atoms with Crippen molar-refractivity contribution in [1.82, 2.24) is 15.3 Å². The minimum absolute atomic E-state index is 0.292. The Hall–Kier alpha value is -4.44. The van der Waals surface area contributed by atoms with Crippen molar-refractivity contribution in [2.24, 2.45) is 0 Å². The number of aliphatic carboxylic acids is 1. The Morgan fingerprint density at radius 3 is 2.61 bits per heavy atom. The van der Waals surface area contributed by atoms with Crippen molar-refractivity contribution in [3.05, 3.63) is 70.7 Å². The van der Waals surface area contributed by atoms with Gasteiger partial charge in [-0.25, -0.2) is 9.78 Å². The third-order valence-electron chi connectivity index (χ3n) is 8.73. The highest BCUT2D eigenvalue weighted by Crippen LogP contribution is 2.43. The van der Waals surface area contributed by atoms with E-state index in [4.69, 9.17) is 9.84 Å². The second-order valence-corrected chi connectivity index (χ2v) is 12.4. The monoisotopic (exact) mass is 612 g/mol. The summed E-state index contributed by atoms with van der Waals surface area (Å²) < 4.78 is 5.68. The second-order valence-electron chi connectivity index (χ2n) is 11.5. The number of anilines is 1. The molecule has 4 aromatic rings. The fraction of sp³-hybridized carbons (Fsp3) is 0.353. The zero-order chi connectivity index (χ0) is 30.7. The van der Waals surface area contributed by atoms with E-state index < -0.39 is 11.5 Å². The Morgan fingerprint density at radius 1 is 1.11 bits per heavy atom. The summed E-state index contributed by atoms with van der Waals surface area (Å²) in [7, 11) is 0. The highest BCUT2D eigenvalue weighted by Gasteiger charge is 2.45. The van der Waals surface area contributed by atoms with Gasteiger partial charge in [-0.1, -0.05) is 25.3 Å². The molecule has 0 aliphatic heterocycles. The Bertz CT molecular complexity index is 1710. The number of ether oxygens (including phenoxy) is 1. The Balaban J connectivity index is 1.23. The highest BCUT2D eigenvalue weighted by atomic mass is 32.1. The maximum atomic E-state index is 13.6. The molecule has 228 valence electrons. The van der Waals surface area contributed by atoms with E-state index in [-0.39, 0.29) is 11.8 Å². The van der Waals surface area contributed by atoms with E-state index in [0.29, 0.717) is 47.9 Å². The first-order chi connectivity index (χ1) is 21.4. The molecule has 0 spiro atoms. The number of hydrogen-bond acceptors (Lipinski definition) is 6. The van der Waals surface area contributed by atoms with Gasteiger partial charge in [0, 0.05) is 51.4 Å². The first kappa shape index (κ1) is 29.6. The lowest BCUT2D eigenvalue weighted by molar-refractivity contribution is -0.131. The van der Waals surface area contributed by atoms with Crippen molar-refractivity contribution in [2.75, 3.05) is 11.9 Å². The summed E-state index contributed by atoms with van der Waals surface area (Å²) in [5.41, 5.74) is 3.81. The molecule has 2 saturated carbocycles. The molecule has 44 heavy (non-hydrogen) atoms. The van der Waals surface area contributed by atoms with Crippen LogP contribution in [0.3, 0.4) is 0 Å².